The number of hydrogen-bond donors (Lipinski definition) is 1. The van der Waals surface area contributed by atoms with E-state index in [4.69, 9.17) is 9.47 Å². The first-order chi connectivity index (χ1) is 10.3. The lowest BCUT2D eigenvalue weighted by molar-refractivity contribution is 0.174. The second-order valence-electron chi connectivity index (χ2n) is 5.95. The SMILES string of the molecule is CCCN(CC(NCC)c1ccc2c(c1)OCO2)C1CC1. The van der Waals surface area contributed by atoms with E-state index >= 15 is 0 Å². The van der Waals surface area contributed by atoms with Crippen molar-refractivity contribution in [3.63, 3.8) is 0 Å². The quantitative estimate of drug-likeness (QED) is 0.798. The smallest absolute Gasteiger partial charge is 0.231 e. The first-order valence-electron chi connectivity index (χ1n) is 8.18. The molecule has 1 N–H and O–H groups in total. The second-order valence-corrected chi connectivity index (χ2v) is 5.95. The number of hydrogen-bond acceptors (Lipinski definition) is 4. The molecule has 21 heavy (non-hydrogen) atoms. The van der Waals surface area contributed by atoms with Crippen molar-refractivity contribution >= 4 is 0 Å². The van der Waals surface area contributed by atoms with Gasteiger partial charge in [0.2, 0.25) is 6.79 Å². The van der Waals surface area contributed by atoms with Crippen LogP contribution in [0, 0.1) is 0 Å². The molecule has 0 spiro atoms. The van der Waals surface area contributed by atoms with Gasteiger partial charge in [-0.1, -0.05) is 19.9 Å². The van der Waals surface area contributed by atoms with Crippen molar-refractivity contribution in [1.29, 1.82) is 0 Å². The molecule has 1 fully saturated rings. The maximum Gasteiger partial charge on any atom is 0.231 e. The third kappa shape index (κ3) is 3.50. The number of ether oxygens (including phenoxy) is 2. The van der Waals surface area contributed by atoms with Crippen molar-refractivity contribution in [2.45, 2.75) is 45.2 Å². The van der Waals surface area contributed by atoms with E-state index in [1.807, 2.05) is 6.07 Å². The highest BCUT2D eigenvalue weighted by atomic mass is 16.7. The highest BCUT2D eigenvalue weighted by Crippen LogP contribution is 2.35. The maximum absolute atomic E-state index is 5.52. The number of fused-ring (bicyclic) bond motifs is 1. The van der Waals surface area contributed by atoms with Crippen LogP contribution in [0.2, 0.25) is 0 Å². The fourth-order valence-corrected chi connectivity index (χ4v) is 3.05. The molecular formula is C17H26N2O2. The van der Waals surface area contributed by atoms with Gasteiger partial charge in [0.25, 0.3) is 0 Å². The average molecular weight is 290 g/mol. The van der Waals surface area contributed by atoms with Crippen molar-refractivity contribution in [2.24, 2.45) is 0 Å². The van der Waals surface area contributed by atoms with Gasteiger partial charge in [0, 0.05) is 18.6 Å². The van der Waals surface area contributed by atoms with Gasteiger partial charge in [-0.2, -0.15) is 0 Å². The Labute approximate surface area is 127 Å². The normalized spacial score (nSPS) is 18.2. The zero-order valence-corrected chi connectivity index (χ0v) is 13.1. The van der Waals surface area contributed by atoms with E-state index in [0.29, 0.717) is 12.8 Å². The predicted octanol–water partition coefficient (Wildman–Crippen LogP) is 2.94. The van der Waals surface area contributed by atoms with Crippen molar-refractivity contribution in [3.8, 4) is 11.5 Å². The maximum atomic E-state index is 5.52. The number of nitrogens with zero attached hydrogens (tertiary/aromatic N) is 1. The van der Waals surface area contributed by atoms with E-state index < -0.39 is 0 Å². The molecule has 1 aromatic rings. The van der Waals surface area contributed by atoms with Crippen molar-refractivity contribution in [2.75, 3.05) is 26.4 Å². The van der Waals surface area contributed by atoms with Crippen LogP contribution in [0.1, 0.15) is 44.7 Å². The van der Waals surface area contributed by atoms with Crippen LogP contribution in [0.5, 0.6) is 11.5 Å². The van der Waals surface area contributed by atoms with E-state index in [1.54, 1.807) is 0 Å². The van der Waals surface area contributed by atoms with Gasteiger partial charge in [-0.15, -0.1) is 0 Å². The zero-order chi connectivity index (χ0) is 14.7. The molecule has 4 heteroatoms. The molecule has 0 saturated heterocycles. The minimum Gasteiger partial charge on any atom is -0.454 e. The lowest BCUT2D eigenvalue weighted by Gasteiger charge is -2.28. The van der Waals surface area contributed by atoms with Gasteiger partial charge in [0.15, 0.2) is 11.5 Å². The van der Waals surface area contributed by atoms with Crippen LogP contribution in [0.15, 0.2) is 18.2 Å². The van der Waals surface area contributed by atoms with Crippen LogP contribution in [-0.4, -0.2) is 37.4 Å². The molecule has 0 amide bonds. The summed E-state index contributed by atoms with van der Waals surface area (Å²) in [5.74, 6) is 1.74. The number of nitrogens with one attached hydrogen (secondary N) is 1. The van der Waals surface area contributed by atoms with Crippen molar-refractivity contribution < 1.29 is 9.47 Å². The molecule has 1 aromatic carbocycles. The Morgan fingerprint density at radius 3 is 2.76 bits per heavy atom. The fraction of sp³-hybridized carbons (Fsp3) is 0.647. The third-order valence-electron chi connectivity index (χ3n) is 4.24. The van der Waals surface area contributed by atoms with Crippen LogP contribution in [0.4, 0.5) is 0 Å². The molecule has 1 heterocycles. The molecule has 0 bridgehead atoms. The molecule has 116 valence electrons. The van der Waals surface area contributed by atoms with Gasteiger partial charge in [-0.05, 0) is 50.0 Å². The van der Waals surface area contributed by atoms with Gasteiger partial charge in [-0.3, -0.25) is 4.90 Å². The van der Waals surface area contributed by atoms with Gasteiger partial charge < -0.3 is 14.8 Å². The number of likely N-dealkylation sites (N-methyl/N-ethyl adjacent to an activating group) is 1. The van der Waals surface area contributed by atoms with Gasteiger partial charge in [0.1, 0.15) is 0 Å². The summed E-state index contributed by atoms with van der Waals surface area (Å²) in [7, 11) is 0. The Kier molecular flexibility index (Phi) is 4.66. The molecule has 3 rings (SSSR count). The van der Waals surface area contributed by atoms with Crippen molar-refractivity contribution in [1.82, 2.24) is 10.2 Å². The summed E-state index contributed by atoms with van der Waals surface area (Å²) in [5, 5.41) is 3.62. The number of rotatable bonds is 8. The predicted molar refractivity (Wildman–Crippen MR) is 83.9 cm³/mol. The zero-order valence-electron chi connectivity index (χ0n) is 13.1. The average Bonchev–Trinajstić information content (AvgIpc) is 3.23. The molecule has 1 unspecified atom stereocenters. The fourth-order valence-electron chi connectivity index (χ4n) is 3.05. The van der Waals surface area contributed by atoms with Gasteiger partial charge in [-0.25, -0.2) is 0 Å². The summed E-state index contributed by atoms with van der Waals surface area (Å²) in [4.78, 5) is 2.64. The molecule has 4 nitrogen and oxygen atoms in total. The molecule has 1 saturated carbocycles. The highest BCUT2D eigenvalue weighted by Gasteiger charge is 2.30. The molecule has 1 atom stereocenters. The van der Waals surface area contributed by atoms with E-state index in [9.17, 15) is 0 Å². The van der Waals surface area contributed by atoms with Crippen LogP contribution in [-0.2, 0) is 0 Å². The second kappa shape index (κ2) is 6.67. The van der Waals surface area contributed by atoms with E-state index in [0.717, 1.165) is 30.6 Å². The minimum atomic E-state index is 0.342. The Bertz CT molecular complexity index is 474. The summed E-state index contributed by atoms with van der Waals surface area (Å²) < 4.78 is 10.9. The van der Waals surface area contributed by atoms with Gasteiger partial charge in [0.05, 0.1) is 0 Å². The Balaban J connectivity index is 1.73. The third-order valence-corrected chi connectivity index (χ3v) is 4.24. The molecule has 1 aliphatic carbocycles. The molecule has 2 aliphatic rings. The highest BCUT2D eigenvalue weighted by molar-refractivity contribution is 5.45. The molecule has 0 radical (unpaired) electrons. The van der Waals surface area contributed by atoms with Crippen LogP contribution >= 0.6 is 0 Å². The van der Waals surface area contributed by atoms with E-state index in [1.165, 1.54) is 31.4 Å². The Morgan fingerprint density at radius 2 is 2.05 bits per heavy atom. The first kappa shape index (κ1) is 14.7. The van der Waals surface area contributed by atoms with Crippen LogP contribution in [0.25, 0.3) is 0 Å². The Hall–Kier alpha value is -1.26. The topological polar surface area (TPSA) is 33.7 Å². The van der Waals surface area contributed by atoms with E-state index in [-0.39, 0.29) is 0 Å². The molecular weight excluding hydrogens is 264 g/mol. The van der Waals surface area contributed by atoms with Crippen LogP contribution in [0.3, 0.4) is 0 Å². The standard InChI is InChI=1S/C17H26N2O2/c1-3-9-19(14-6-7-14)11-15(18-4-2)13-5-8-16-17(10-13)21-12-20-16/h5,8,10,14-15,18H,3-4,6-7,9,11-12H2,1-2H3. The van der Waals surface area contributed by atoms with Crippen molar-refractivity contribution in [3.05, 3.63) is 23.8 Å². The Morgan fingerprint density at radius 1 is 1.24 bits per heavy atom. The summed E-state index contributed by atoms with van der Waals surface area (Å²) in [6.07, 6.45) is 3.94. The van der Waals surface area contributed by atoms with Crippen LogP contribution < -0.4 is 14.8 Å². The van der Waals surface area contributed by atoms with E-state index in [2.05, 4.69) is 36.2 Å². The molecule has 1 aliphatic heterocycles. The summed E-state index contributed by atoms with van der Waals surface area (Å²) in [5.41, 5.74) is 1.29. The summed E-state index contributed by atoms with van der Waals surface area (Å²) in [6, 6.07) is 7.49. The lowest BCUT2D eigenvalue weighted by atomic mass is 10.0. The minimum absolute atomic E-state index is 0.342. The first-order valence-corrected chi connectivity index (χ1v) is 8.18. The molecule has 0 aromatic heterocycles. The monoisotopic (exact) mass is 290 g/mol. The largest absolute Gasteiger partial charge is 0.454 e. The lowest BCUT2D eigenvalue weighted by Crippen LogP contribution is -2.37. The summed E-state index contributed by atoms with van der Waals surface area (Å²) in [6.45, 7) is 8.01. The number of benzene rings is 1. The van der Waals surface area contributed by atoms with Gasteiger partial charge >= 0.3 is 0 Å². The summed E-state index contributed by atoms with van der Waals surface area (Å²) >= 11 is 0.